The summed E-state index contributed by atoms with van der Waals surface area (Å²) in [5, 5.41) is 5.31. The second-order valence-electron chi connectivity index (χ2n) is 2.19. The standard InChI is InChI=1S/C7H13IN2O2/c1-2-6(11)9-3-4-10-7(12)5-8/h2-5H2,1H3,(H,9,11)(H,10,12). The topological polar surface area (TPSA) is 58.2 Å². The number of nitrogens with one attached hydrogen (secondary N) is 2. The van der Waals surface area contributed by atoms with Gasteiger partial charge >= 0.3 is 0 Å². The Hall–Kier alpha value is -0.330. The van der Waals surface area contributed by atoms with Gasteiger partial charge in [-0.05, 0) is 0 Å². The minimum atomic E-state index is 0.00125. The summed E-state index contributed by atoms with van der Waals surface area (Å²) in [5.74, 6) is 0.0140. The van der Waals surface area contributed by atoms with Crippen molar-refractivity contribution in [3.8, 4) is 0 Å². The fourth-order valence-electron chi connectivity index (χ4n) is 0.576. The second-order valence-corrected chi connectivity index (χ2v) is 2.95. The molecule has 0 aromatic rings. The van der Waals surface area contributed by atoms with E-state index in [9.17, 15) is 9.59 Å². The molecule has 0 atom stereocenters. The lowest BCUT2D eigenvalue weighted by Crippen LogP contribution is -2.34. The first-order valence-electron chi connectivity index (χ1n) is 3.80. The van der Waals surface area contributed by atoms with Gasteiger partial charge in [0.1, 0.15) is 0 Å². The van der Waals surface area contributed by atoms with Crippen molar-refractivity contribution in [2.75, 3.05) is 17.5 Å². The predicted octanol–water partition coefficient (Wildman–Crippen LogP) is 0.0638. The number of carbonyl (C=O) groups excluding carboxylic acids is 2. The molecule has 0 heterocycles. The summed E-state index contributed by atoms with van der Waals surface area (Å²) in [6.45, 7) is 2.81. The number of carbonyl (C=O) groups is 2. The van der Waals surface area contributed by atoms with Crippen molar-refractivity contribution >= 4 is 34.4 Å². The Bertz CT molecular complexity index is 143. The molecule has 0 saturated heterocycles. The van der Waals surface area contributed by atoms with Crippen molar-refractivity contribution in [2.24, 2.45) is 0 Å². The average molecular weight is 284 g/mol. The number of halogens is 1. The first kappa shape index (κ1) is 11.7. The Morgan fingerprint density at radius 3 is 2.08 bits per heavy atom. The van der Waals surface area contributed by atoms with Crippen LogP contribution >= 0.6 is 22.6 Å². The largest absolute Gasteiger partial charge is 0.354 e. The third-order valence-corrected chi connectivity index (χ3v) is 1.90. The van der Waals surface area contributed by atoms with E-state index in [1.54, 1.807) is 6.92 Å². The quantitative estimate of drug-likeness (QED) is 0.426. The molecule has 0 radical (unpaired) electrons. The van der Waals surface area contributed by atoms with Crippen LogP contribution in [-0.4, -0.2) is 29.3 Å². The van der Waals surface area contributed by atoms with Crippen molar-refractivity contribution in [1.29, 1.82) is 0 Å². The molecule has 0 saturated carbocycles. The van der Waals surface area contributed by atoms with E-state index in [4.69, 9.17) is 0 Å². The van der Waals surface area contributed by atoms with Crippen LogP contribution in [0, 0.1) is 0 Å². The summed E-state index contributed by atoms with van der Waals surface area (Å²) in [4.78, 5) is 21.4. The van der Waals surface area contributed by atoms with Gasteiger partial charge < -0.3 is 10.6 Å². The molecule has 2 amide bonds. The fraction of sp³-hybridized carbons (Fsp3) is 0.714. The molecular formula is C7H13IN2O2. The summed E-state index contributed by atoms with van der Waals surface area (Å²) >= 11 is 1.99. The highest BCUT2D eigenvalue weighted by Gasteiger charge is 1.97. The average Bonchev–Trinajstić information content (AvgIpc) is 2.11. The van der Waals surface area contributed by atoms with E-state index in [0.29, 0.717) is 23.9 Å². The van der Waals surface area contributed by atoms with Crippen LogP contribution in [0.25, 0.3) is 0 Å². The number of hydrogen-bond acceptors (Lipinski definition) is 2. The van der Waals surface area contributed by atoms with Gasteiger partial charge in [-0.15, -0.1) is 0 Å². The van der Waals surface area contributed by atoms with Crippen molar-refractivity contribution < 1.29 is 9.59 Å². The summed E-state index contributed by atoms with van der Waals surface area (Å²) < 4.78 is 0.458. The fourth-order valence-corrected chi connectivity index (χ4v) is 0.846. The summed E-state index contributed by atoms with van der Waals surface area (Å²) in [6.07, 6.45) is 0.486. The lowest BCUT2D eigenvalue weighted by molar-refractivity contribution is -0.121. The van der Waals surface area contributed by atoms with Crippen LogP contribution in [0.5, 0.6) is 0 Å². The molecule has 5 heteroatoms. The summed E-state index contributed by atoms with van der Waals surface area (Å²) in [6, 6.07) is 0. The maximum atomic E-state index is 10.7. The van der Waals surface area contributed by atoms with Crippen LogP contribution in [0.3, 0.4) is 0 Å². The first-order valence-corrected chi connectivity index (χ1v) is 5.32. The van der Waals surface area contributed by atoms with Gasteiger partial charge in [0.25, 0.3) is 0 Å². The zero-order valence-electron chi connectivity index (χ0n) is 7.02. The third kappa shape index (κ3) is 6.38. The summed E-state index contributed by atoms with van der Waals surface area (Å²) in [5.41, 5.74) is 0. The molecule has 0 aliphatic heterocycles. The van der Waals surface area contributed by atoms with Crippen LogP contribution in [0.2, 0.25) is 0 Å². The van der Waals surface area contributed by atoms with Crippen LogP contribution in [-0.2, 0) is 9.59 Å². The monoisotopic (exact) mass is 284 g/mol. The van der Waals surface area contributed by atoms with Crippen molar-refractivity contribution in [2.45, 2.75) is 13.3 Å². The highest BCUT2D eigenvalue weighted by Crippen LogP contribution is 1.78. The van der Waals surface area contributed by atoms with Crippen molar-refractivity contribution in [3.05, 3.63) is 0 Å². The molecule has 0 fully saturated rings. The van der Waals surface area contributed by atoms with E-state index in [-0.39, 0.29) is 11.8 Å². The summed E-state index contributed by atoms with van der Waals surface area (Å²) in [7, 11) is 0. The predicted molar refractivity (Wildman–Crippen MR) is 55.2 cm³/mol. The lowest BCUT2D eigenvalue weighted by atomic mass is 10.4. The number of alkyl halides is 1. The third-order valence-electron chi connectivity index (χ3n) is 1.21. The molecule has 4 nitrogen and oxygen atoms in total. The Labute approximate surface area is 85.6 Å². The lowest BCUT2D eigenvalue weighted by Gasteiger charge is -2.03. The van der Waals surface area contributed by atoms with Gasteiger partial charge in [0.05, 0.1) is 4.43 Å². The van der Waals surface area contributed by atoms with Gasteiger partial charge in [-0.1, -0.05) is 29.5 Å². The van der Waals surface area contributed by atoms with Gasteiger partial charge in [0, 0.05) is 19.5 Å². The van der Waals surface area contributed by atoms with E-state index in [1.165, 1.54) is 0 Å². The van der Waals surface area contributed by atoms with Crippen molar-refractivity contribution in [1.82, 2.24) is 10.6 Å². The van der Waals surface area contributed by atoms with E-state index in [0.717, 1.165) is 0 Å². The van der Waals surface area contributed by atoms with E-state index in [1.807, 2.05) is 22.6 Å². The molecule has 12 heavy (non-hydrogen) atoms. The SMILES string of the molecule is CCC(=O)NCCNC(=O)CI. The molecule has 0 unspecified atom stereocenters. The number of rotatable bonds is 5. The number of hydrogen-bond donors (Lipinski definition) is 2. The minimum absolute atomic E-state index is 0.00125. The molecule has 70 valence electrons. The Kier molecular flexibility index (Phi) is 7.12. The molecule has 0 bridgehead atoms. The Morgan fingerprint density at radius 1 is 1.17 bits per heavy atom. The first-order chi connectivity index (χ1) is 5.70. The van der Waals surface area contributed by atoms with Crippen LogP contribution in [0.4, 0.5) is 0 Å². The van der Waals surface area contributed by atoms with Crippen LogP contribution in [0.1, 0.15) is 13.3 Å². The maximum Gasteiger partial charge on any atom is 0.229 e. The minimum Gasteiger partial charge on any atom is -0.354 e. The van der Waals surface area contributed by atoms with Crippen LogP contribution < -0.4 is 10.6 Å². The second kappa shape index (κ2) is 7.33. The van der Waals surface area contributed by atoms with Gasteiger partial charge in [-0.25, -0.2) is 0 Å². The molecule has 0 aliphatic rings. The van der Waals surface area contributed by atoms with Gasteiger partial charge in [-0.2, -0.15) is 0 Å². The molecule has 0 aromatic heterocycles. The smallest absolute Gasteiger partial charge is 0.229 e. The van der Waals surface area contributed by atoms with Gasteiger partial charge in [0.2, 0.25) is 11.8 Å². The maximum absolute atomic E-state index is 10.7. The van der Waals surface area contributed by atoms with E-state index < -0.39 is 0 Å². The van der Waals surface area contributed by atoms with Gasteiger partial charge in [0.15, 0.2) is 0 Å². The molecular weight excluding hydrogens is 271 g/mol. The van der Waals surface area contributed by atoms with E-state index >= 15 is 0 Å². The molecule has 0 aliphatic carbocycles. The zero-order valence-corrected chi connectivity index (χ0v) is 9.18. The van der Waals surface area contributed by atoms with Gasteiger partial charge in [-0.3, -0.25) is 9.59 Å². The zero-order chi connectivity index (χ0) is 9.40. The highest BCUT2D eigenvalue weighted by molar-refractivity contribution is 14.1. The molecule has 0 rings (SSSR count). The number of amides is 2. The normalized spacial score (nSPS) is 9.17. The van der Waals surface area contributed by atoms with E-state index in [2.05, 4.69) is 10.6 Å². The molecule has 0 spiro atoms. The Balaban J connectivity index is 3.21. The molecule has 0 aromatic carbocycles. The molecule has 2 N–H and O–H groups in total. The highest BCUT2D eigenvalue weighted by atomic mass is 127. The van der Waals surface area contributed by atoms with Crippen molar-refractivity contribution in [3.63, 3.8) is 0 Å². The van der Waals surface area contributed by atoms with Crippen LogP contribution in [0.15, 0.2) is 0 Å². The Morgan fingerprint density at radius 2 is 1.67 bits per heavy atom.